The van der Waals surface area contributed by atoms with Crippen molar-refractivity contribution in [3.63, 3.8) is 0 Å². The van der Waals surface area contributed by atoms with Crippen LogP contribution in [-0.4, -0.2) is 35.2 Å². The van der Waals surface area contributed by atoms with Crippen molar-refractivity contribution < 1.29 is 9.90 Å². The number of rotatable bonds is 6. The molecule has 0 heterocycles. The molecular formula is C13H23N3O2. The SMILES string of the molecule is CCC[C@H](N)C(O)C(=O)NN(C)C1=CCCC=C1. The molecule has 0 aromatic rings. The smallest absolute Gasteiger partial charge is 0.268 e. The van der Waals surface area contributed by atoms with Gasteiger partial charge in [-0.2, -0.15) is 0 Å². The van der Waals surface area contributed by atoms with Gasteiger partial charge < -0.3 is 10.8 Å². The van der Waals surface area contributed by atoms with Crippen molar-refractivity contribution >= 4 is 5.91 Å². The summed E-state index contributed by atoms with van der Waals surface area (Å²) in [7, 11) is 1.75. The van der Waals surface area contributed by atoms with E-state index in [1.807, 2.05) is 19.1 Å². The predicted octanol–water partition coefficient (Wildman–Crippen LogP) is 0.672. The average Bonchev–Trinajstić information content (AvgIpc) is 2.39. The highest BCUT2D eigenvalue weighted by atomic mass is 16.3. The Bertz CT molecular complexity index is 339. The summed E-state index contributed by atoms with van der Waals surface area (Å²) in [6, 6.07) is -0.515. The van der Waals surface area contributed by atoms with Crippen LogP contribution in [0.15, 0.2) is 23.9 Å². The molecule has 0 radical (unpaired) electrons. The van der Waals surface area contributed by atoms with E-state index in [-0.39, 0.29) is 0 Å². The van der Waals surface area contributed by atoms with Gasteiger partial charge in [-0.05, 0) is 25.3 Å². The zero-order valence-corrected chi connectivity index (χ0v) is 11.1. The van der Waals surface area contributed by atoms with Crippen LogP contribution in [0.3, 0.4) is 0 Å². The Labute approximate surface area is 108 Å². The van der Waals surface area contributed by atoms with Crippen LogP contribution < -0.4 is 11.2 Å². The van der Waals surface area contributed by atoms with Gasteiger partial charge in [0, 0.05) is 13.1 Å². The van der Waals surface area contributed by atoms with Gasteiger partial charge in [0.15, 0.2) is 0 Å². The number of amides is 1. The predicted molar refractivity (Wildman–Crippen MR) is 71.3 cm³/mol. The fraction of sp³-hybridized carbons (Fsp3) is 0.615. The van der Waals surface area contributed by atoms with Crippen LogP contribution in [0.25, 0.3) is 0 Å². The summed E-state index contributed by atoms with van der Waals surface area (Å²) in [6.07, 6.45) is 8.33. The fourth-order valence-corrected chi connectivity index (χ4v) is 1.83. The molecule has 5 heteroatoms. The van der Waals surface area contributed by atoms with E-state index in [0.717, 1.165) is 25.0 Å². The first-order valence-corrected chi connectivity index (χ1v) is 6.40. The lowest BCUT2D eigenvalue weighted by Gasteiger charge is -2.25. The number of allylic oxidation sites excluding steroid dienone is 3. The summed E-state index contributed by atoms with van der Waals surface area (Å²) >= 11 is 0. The van der Waals surface area contributed by atoms with Crippen molar-refractivity contribution in [2.75, 3.05) is 7.05 Å². The standard InChI is InChI=1S/C13H23N3O2/c1-3-7-11(14)12(17)13(18)15-16(2)10-8-5-4-6-9-10/h5,8-9,11-12,17H,3-4,6-7,14H2,1-2H3,(H,15,18)/t11-,12?/m0/s1. The number of aliphatic hydroxyl groups is 1. The molecule has 4 N–H and O–H groups in total. The van der Waals surface area contributed by atoms with E-state index in [9.17, 15) is 9.90 Å². The number of nitrogens with one attached hydrogen (secondary N) is 1. The minimum atomic E-state index is -1.17. The van der Waals surface area contributed by atoms with Crippen molar-refractivity contribution in [2.24, 2.45) is 5.73 Å². The van der Waals surface area contributed by atoms with Crippen molar-refractivity contribution in [3.8, 4) is 0 Å². The van der Waals surface area contributed by atoms with Crippen LogP contribution in [0.4, 0.5) is 0 Å². The molecule has 1 rings (SSSR count). The van der Waals surface area contributed by atoms with Crippen LogP contribution in [0.1, 0.15) is 32.6 Å². The Morgan fingerprint density at radius 2 is 2.33 bits per heavy atom. The van der Waals surface area contributed by atoms with Gasteiger partial charge in [-0.1, -0.05) is 25.5 Å². The van der Waals surface area contributed by atoms with Crippen LogP contribution in [-0.2, 0) is 4.79 Å². The molecule has 1 aliphatic rings. The second kappa shape index (κ2) is 7.18. The zero-order valence-electron chi connectivity index (χ0n) is 11.1. The number of nitrogens with two attached hydrogens (primary N) is 1. The lowest BCUT2D eigenvalue weighted by Crippen LogP contribution is -2.50. The van der Waals surface area contributed by atoms with Gasteiger partial charge in [0.1, 0.15) is 6.10 Å². The normalized spacial score (nSPS) is 17.9. The molecule has 1 aliphatic carbocycles. The second-order valence-corrected chi connectivity index (χ2v) is 4.54. The number of hydrogen-bond donors (Lipinski definition) is 3. The van der Waals surface area contributed by atoms with Gasteiger partial charge >= 0.3 is 0 Å². The number of nitrogens with zero attached hydrogens (tertiary/aromatic N) is 1. The van der Waals surface area contributed by atoms with E-state index in [2.05, 4.69) is 11.5 Å². The van der Waals surface area contributed by atoms with Gasteiger partial charge in [-0.15, -0.1) is 0 Å². The van der Waals surface area contributed by atoms with E-state index < -0.39 is 18.1 Å². The van der Waals surface area contributed by atoms with Crippen LogP contribution >= 0.6 is 0 Å². The molecule has 2 atom stereocenters. The number of likely N-dealkylation sites (N-methyl/N-ethyl adjacent to an activating group) is 1. The maximum absolute atomic E-state index is 11.8. The summed E-state index contributed by atoms with van der Waals surface area (Å²) in [4.78, 5) is 11.8. The van der Waals surface area contributed by atoms with E-state index in [0.29, 0.717) is 6.42 Å². The van der Waals surface area contributed by atoms with Crippen molar-refractivity contribution in [1.82, 2.24) is 10.4 Å². The number of carbonyl (C=O) groups is 1. The first kappa shape index (κ1) is 14.7. The van der Waals surface area contributed by atoms with Gasteiger partial charge in [-0.25, -0.2) is 0 Å². The van der Waals surface area contributed by atoms with Crippen LogP contribution in [0, 0.1) is 0 Å². The molecule has 0 aromatic carbocycles. The summed E-state index contributed by atoms with van der Waals surface area (Å²) in [6.45, 7) is 1.97. The molecule has 102 valence electrons. The highest BCUT2D eigenvalue weighted by molar-refractivity contribution is 5.80. The van der Waals surface area contributed by atoms with Gasteiger partial charge in [0.25, 0.3) is 5.91 Å². The third-order valence-electron chi connectivity index (χ3n) is 2.94. The molecule has 0 aromatic heterocycles. The Balaban J connectivity index is 2.48. The van der Waals surface area contributed by atoms with Gasteiger partial charge in [-0.3, -0.25) is 15.2 Å². The fourth-order valence-electron chi connectivity index (χ4n) is 1.83. The van der Waals surface area contributed by atoms with Crippen molar-refractivity contribution in [2.45, 2.75) is 44.8 Å². The molecule has 0 aliphatic heterocycles. The highest BCUT2D eigenvalue weighted by Crippen LogP contribution is 2.11. The Morgan fingerprint density at radius 1 is 1.61 bits per heavy atom. The van der Waals surface area contributed by atoms with Crippen molar-refractivity contribution in [3.05, 3.63) is 23.9 Å². The summed E-state index contributed by atoms with van der Waals surface area (Å²) < 4.78 is 0. The first-order chi connectivity index (χ1) is 8.56. The molecule has 0 spiro atoms. The number of hydrogen-bond acceptors (Lipinski definition) is 4. The molecular weight excluding hydrogens is 230 g/mol. The van der Waals surface area contributed by atoms with E-state index in [1.165, 1.54) is 0 Å². The second-order valence-electron chi connectivity index (χ2n) is 4.54. The van der Waals surface area contributed by atoms with E-state index in [4.69, 9.17) is 5.73 Å². The number of hydrazine groups is 1. The Kier molecular flexibility index (Phi) is 5.88. The first-order valence-electron chi connectivity index (χ1n) is 6.40. The third-order valence-corrected chi connectivity index (χ3v) is 2.94. The number of aliphatic hydroxyl groups excluding tert-OH is 1. The minimum Gasteiger partial charge on any atom is -0.382 e. The summed E-state index contributed by atoms with van der Waals surface area (Å²) in [5.41, 5.74) is 9.28. The minimum absolute atomic E-state index is 0.460. The molecule has 0 fully saturated rings. The Morgan fingerprint density at radius 3 is 2.89 bits per heavy atom. The number of carbonyl (C=O) groups excluding carboxylic acids is 1. The Hall–Kier alpha value is -1.33. The van der Waals surface area contributed by atoms with Gasteiger partial charge in [0.05, 0.1) is 5.70 Å². The molecule has 0 saturated heterocycles. The maximum atomic E-state index is 11.8. The van der Waals surface area contributed by atoms with Gasteiger partial charge in [0.2, 0.25) is 0 Å². The average molecular weight is 253 g/mol. The topological polar surface area (TPSA) is 78.6 Å². The quantitative estimate of drug-likeness (QED) is 0.608. The van der Waals surface area contributed by atoms with Crippen LogP contribution in [0.2, 0.25) is 0 Å². The van der Waals surface area contributed by atoms with E-state index in [1.54, 1.807) is 12.1 Å². The lowest BCUT2D eigenvalue weighted by molar-refractivity contribution is -0.134. The zero-order chi connectivity index (χ0) is 13.5. The molecule has 1 amide bonds. The molecule has 5 nitrogen and oxygen atoms in total. The monoisotopic (exact) mass is 253 g/mol. The van der Waals surface area contributed by atoms with Crippen LogP contribution in [0.5, 0.6) is 0 Å². The lowest BCUT2D eigenvalue weighted by atomic mass is 10.1. The largest absolute Gasteiger partial charge is 0.382 e. The molecule has 0 bridgehead atoms. The molecule has 18 heavy (non-hydrogen) atoms. The van der Waals surface area contributed by atoms with Crippen molar-refractivity contribution in [1.29, 1.82) is 0 Å². The summed E-state index contributed by atoms with van der Waals surface area (Å²) in [5.74, 6) is -0.460. The molecule has 0 saturated carbocycles. The maximum Gasteiger partial charge on any atom is 0.268 e. The summed E-state index contributed by atoms with van der Waals surface area (Å²) in [5, 5.41) is 11.4. The molecule has 1 unspecified atom stereocenters. The third kappa shape index (κ3) is 4.16. The van der Waals surface area contributed by atoms with E-state index >= 15 is 0 Å². The highest BCUT2D eigenvalue weighted by Gasteiger charge is 2.23.